The van der Waals surface area contributed by atoms with Crippen molar-refractivity contribution in [3.63, 3.8) is 0 Å². The third-order valence-corrected chi connectivity index (χ3v) is 5.54. The summed E-state index contributed by atoms with van der Waals surface area (Å²) in [7, 11) is 0. The number of benzene rings is 2. The SMILES string of the molecule is C1=NC2=Cc3c(c4c(c5c3=CCCO5)C=c3ccccc3=4)CC2OC1. The Morgan fingerprint density at radius 3 is 3.04 bits per heavy atom. The van der Waals surface area contributed by atoms with Gasteiger partial charge in [0.15, 0.2) is 0 Å². The summed E-state index contributed by atoms with van der Waals surface area (Å²) in [6, 6.07) is 8.62. The molecule has 2 aromatic carbocycles. The molecule has 6 rings (SSSR count). The number of rotatable bonds is 0. The molecule has 2 heterocycles. The van der Waals surface area contributed by atoms with Crippen molar-refractivity contribution in [1.29, 1.82) is 0 Å². The first kappa shape index (κ1) is 13.6. The molecule has 25 heavy (non-hydrogen) atoms. The lowest BCUT2D eigenvalue weighted by atomic mass is 9.87. The van der Waals surface area contributed by atoms with Crippen LogP contribution in [0.2, 0.25) is 0 Å². The Labute approximate surface area is 144 Å². The van der Waals surface area contributed by atoms with Crippen molar-refractivity contribution in [1.82, 2.24) is 0 Å². The van der Waals surface area contributed by atoms with Gasteiger partial charge < -0.3 is 9.47 Å². The third kappa shape index (κ3) is 1.82. The van der Waals surface area contributed by atoms with Crippen LogP contribution in [0.1, 0.15) is 23.1 Å². The van der Waals surface area contributed by atoms with Crippen LogP contribution in [0.4, 0.5) is 0 Å². The van der Waals surface area contributed by atoms with Crippen LogP contribution in [0, 0.1) is 10.4 Å². The van der Waals surface area contributed by atoms with Gasteiger partial charge in [0.25, 0.3) is 0 Å². The predicted octanol–water partition coefficient (Wildman–Crippen LogP) is 2.05. The molecule has 3 heteroatoms. The standard InChI is InChI=1S/C22H17NO2/c1-2-5-14-13(4-1)10-18-21(14)17-12-20-19(23-7-9-24-20)11-16(17)15-6-3-8-25-22(15)18/h1-2,4-7,10-11,20H,3,8-9,12H2. The summed E-state index contributed by atoms with van der Waals surface area (Å²) in [5.74, 6) is 1.03. The number of hydrogen-bond donors (Lipinski definition) is 0. The molecule has 2 aliphatic heterocycles. The molecule has 0 saturated carbocycles. The van der Waals surface area contributed by atoms with Gasteiger partial charge >= 0.3 is 0 Å². The van der Waals surface area contributed by atoms with Gasteiger partial charge in [-0.1, -0.05) is 30.3 Å². The van der Waals surface area contributed by atoms with E-state index in [0.717, 1.165) is 30.9 Å². The van der Waals surface area contributed by atoms with Crippen LogP contribution in [0.15, 0.2) is 35.0 Å². The summed E-state index contributed by atoms with van der Waals surface area (Å²) in [6.45, 7) is 1.35. The first-order valence-electron chi connectivity index (χ1n) is 8.89. The Morgan fingerprint density at radius 2 is 2.04 bits per heavy atom. The van der Waals surface area contributed by atoms with Crippen molar-refractivity contribution in [2.75, 3.05) is 13.2 Å². The van der Waals surface area contributed by atoms with Crippen LogP contribution in [0.25, 0.3) is 18.2 Å². The summed E-state index contributed by atoms with van der Waals surface area (Å²) >= 11 is 0. The number of nitrogens with zero attached hydrogens (tertiary/aromatic N) is 1. The van der Waals surface area contributed by atoms with E-state index in [0.29, 0.717) is 6.61 Å². The summed E-state index contributed by atoms with van der Waals surface area (Å²) < 4.78 is 12.1. The van der Waals surface area contributed by atoms with E-state index in [-0.39, 0.29) is 6.10 Å². The molecule has 0 radical (unpaired) electrons. The second kappa shape index (κ2) is 4.93. The molecule has 4 aliphatic rings. The molecule has 0 saturated heterocycles. The van der Waals surface area contributed by atoms with Gasteiger partial charge in [-0.05, 0) is 38.9 Å². The fourth-order valence-corrected chi connectivity index (χ4v) is 4.49. The van der Waals surface area contributed by atoms with Crippen molar-refractivity contribution < 1.29 is 9.47 Å². The molecule has 0 amide bonds. The van der Waals surface area contributed by atoms with Gasteiger partial charge in [-0.2, -0.15) is 0 Å². The van der Waals surface area contributed by atoms with Crippen molar-refractivity contribution in [3.8, 4) is 5.75 Å². The smallest absolute Gasteiger partial charge is 0.134 e. The highest BCUT2D eigenvalue weighted by atomic mass is 16.5. The number of aliphatic imine (C=N–C) groups is 1. The Hall–Kier alpha value is -2.65. The van der Waals surface area contributed by atoms with Gasteiger partial charge in [0, 0.05) is 29.8 Å². The molecule has 0 spiro atoms. The Kier molecular flexibility index (Phi) is 2.69. The van der Waals surface area contributed by atoms with Crippen molar-refractivity contribution in [2.45, 2.75) is 18.9 Å². The van der Waals surface area contributed by atoms with Gasteiger partial charge in [-0.25, -0.2) is 0 Å². The zero-order valence-electron chi connectivity index (χ0n) is 13.8. The van der Waals surface area contributed by atoms with Gasteiger partial charge in [0.2, 0.25) is 0 Å². The summed E-state index contributed by atoms with van der Waals surface area (Å²) in [4.78, 5) is 4.59. The van der Waals surface area contributed by atoms with E-state index in [1.54, 1.807) is 0 Å². The normalized spacial score (nSPS) is 21.4. The highest BCUT2D eigenvalue weighted by Gasteiger charge is 2.29. The minimum absolute atomic E-state index is 0.0666. The first-order valence-corrected chi connectivity index (χ1v) is 8.89. The number of fused-ring (bicyclic) bond motifs is 8. The van der Waals surface area contributed by atoms with Crippen molar-refractivity contribution in [2.24, 2.45) is 4.99 Å². The van der Waals surface area contributed by atoms with Crippen molar-refractivity contribution >= 4 is 24.4 Å². The maximum absolute atomic E-state index is 6.14. The maximum atomic E-state index is 6.14. The maximum Gasteiger partial charge on any atom is 0.134 e. The van der Waals surface area contributed by atoms with Gasteiger partial charge in [0.05, 0.1) is 18.9 Å². The van der Waals surface area contributed by atoms with Crippen LogP contribution in [-0.4, -0.2) is 25.5 Å². The Morgan fingerprint density at radius 1 is 1.08 bits per heavy atom. The van der Waals surface area contributed by atoms with Gasteiger partial charge in [0.1, 0.15) is 11.9 Å². The number of ether oxygens (including phenoxy) is 2. The van der Waals surface area contributed by atoms with Crippen LogP contribution >= 0.6 is 0 Å². The van der Waals surface area contributed by atoms with E-state index in [1.807, 2.05) is 6.21 Å². The molecule has 122 valence electrons. The second-order valence-corrected chi connectivity index (χ2v) is 6.90. The van der Waals surface area contributed by atoms with Gasteiger partial charge in [-0.3, -0.25) is 4.99 Å². The topological polar surface area (TPSA) is 30.8 Å². The fraction of sp³-hybridized carbons (Fsp3) is 0.227. The zero-order chi connectivity index (χ0) is 16.4. The van der Waals surface area contributed by atoms with Crippen molar-refractivity contribution in [3.05, 3.63) is 67.5 Å². The van der Waals surface area contributed by atoms with E-state index < -0.39 is 0 Å². The highest BCUT2D eigenvalue weighted by Crippen LogP contribution is 2.33. The number of hydrogen-bond acceptors (Lipinski definition) is 3. The van der Waals surface area contributed by atoms with Crippen LogP contribution < -0.4 is 15.2 Å². The monoisotopic (exact) mass is 327 g/mol. The molecule has 0 N–H and O–H groups in total. The van der Waals surface area contributed by atoms with E-state index >= 15 is 0 Å². The minimum atomic E-state index is 0.0666. The molecule has 0 fully saturated rings. The summed E-state index contributed by atoms with van der Waals surface area (Å²) in [5, 5.41) is 5.14. The van der Waals surface area contributed by atoms with Crippen LogP contribution in [0.5, 0.6) is 5.75 Å². The largest absolute Gasteiger partial charge is 0.492 e. The summed E-state index contributed by atoms with van der Waals surface area (Å²) in [6.07, 6.45) is 10.6. The predicted molar refractivity (Wildman–Crippen MR) is 97.9 cm³/mol. The zero-order valence-corrected chi connectivity index (χ0v) is 13.8. The molecule has 0 bridgehead atoms. The molecular weight excluding hydrogens is 310 g/mol. The third-order valence-electron chi connectivity index (χ3n) is 5.54. The molecule has 1 unspecified atom stereocenters. The van der Waals surface area contributed by atoms with E-state index in [2.05, 4.69) is 47.5 Å². The lowest BCUT2D eigenvalue weighted by Gasteiger charge is -2.28. The second-order valence-electron chi connectivity index (χ2n) is 6.90. The minimum Gasteiger partial charge on any atom is -0.492 e. The molecular formula is C22H17NO2. The quantitative estimate of drug-likeness (QED) is 0.633. The van der Waals surface area contributed by atoms with E-state index in [4.69, 9.17) is 9.47 Å². The molecule has 1 atom stereocenters. The van der Waals surface area contributed by atoms with Crippen LogP contribution in [-0.2, 0) is 11.2 Å². The van der Waals surface area contributed by atoms with Gasteiger partial charge in [-0.15, -0.1) is 0 Å². The Bertz CT molecular complexity index is 1200. The van der Waals surface area contributed by atoms with Crippen LogP contribution in [0.3, 0.4) is 0 Å². The average molecular weight is 327 g/mol. The molecule has 3 nitrogen and oxygen atoms in total. The fourth-order valence-electron chi connectivity index (χ4n) is 4.49. The molecule has 2 aromatic rings. The molecule has 0 aromatic heterocycles. The lowest BCUT2D eigenvalue weighted by Crippen LogP contribution is -2.30. The first-order chi connectivity index (χ1) is 12.4. The highest BCUT2D eigenvalue weighted by molar-refractivity contribution is 5.75. The average Bonchev–Trinajstić information content (AvgIpc) is 3.07. The summed E-state index contributed by atoms with van der Waals surface area (Å²) in [5.41, 5.74) is 4.92. The van der Waals surface area contributed by atoms with E-state index in [9.17, 15) is 0 Å². The lowest BCUT2D eigenvalue weighted by molar-refractivity contribution is 0.103. The Balaban J connectivity index is 1.83. The van der Waals surface area contributed by atoms with E-state index in [1.165, 1.54) is 37.6 Å². The molecule has 2 aliphatic carbocycles.